The first kappa shape index (κ1) is 25.4. The van der Waals surface area contributed by atoms with Crippen LogP contribution in [0.25, 0.3) is 0 Å². The lowest BCUT2D eigenvalue weighted by Gasteiger charge is -2.18. The fourth-order valence-corrected chi connectivity index (χ4v) is 2.80. The molecule has 0 aromatic carbocycles. The zero-order valence-corrected chi connectivity index (χ0v) is 17.0. The summed E-state index contributed by atoms with van der Waals surface area (Å²) in [6, 6.07) is 0. The van der Waals surface area contributed by atoms with E-state index in [1.165, 1.54) is 0 Å². The van der Waals surface area contributed by atoms with E-state index in [9.17, 15) is 9.59 Å². The summed E-state index contributed by atoms with van der Waals surface area (Å²) in [7, 11) is 1.00. The quantitative estimate of drug-likeness (QED) is 0.392. The van der Waals surface area contributed by atoms with Gasteiger partial charge in [-0.15, -0.1) is 6.42 Å². The summed E-state index contributed by atoms with van der Waals surface area (Å²) < 4.78 is 10.8. The van der Waals surface area contributed by atoms with E-state index in [-0.39, 0.29) is 30.6 Å². The van der Waals surface area contributed by atoms with Crippen LogP contribution >= 0.6 is 0 Å². The molecule has 1 saturated heterocycles. The van der Waals surface area contributed by atoms with Gasteiger partial charge in [0.1, 0.15) is 6.61 Å². The first-order chi connectivity index (χ1) is 13.0. The number of carbonyl (C=O) groups is 2. The highest BCUT2D eigenvalue weighted by molar-refractivity contribution is 5.76. The van der Waals surface area contributed by atoms with Crippen LogP contribution in [0.5, 0.6) is 0 Å². The summed E-state index contributed by atoms with van der Waals surface area (Å²) in [5.74, 6) is 2.54. The molecule has 1 aliphatic heterocycles. The van der Waals surface area contributed by atoms with Gasteiger partial charge in [0.05, 0.1) is 25.2 Å². The Labute approximate surface area is 163 Å². The van der Waals surface area contributed by atoms with Crippen LogP contribution < -0.4 is 5.32 Å². The third kappa shape index (κ3) is 13.2. The number of amides is 2. The number of hydrogen-bond acceptors (Lipinski definition) is 5. The van der Waals surface area contributed by atoms with Crippen LogP contribution in [0.15, 0.2) is 0 Å². The second-order valence-corrected chi connectivity index (χ2v) is 6.60. The standard InChI is InChI=1S/C19H32N2O4.CH4O/c1-4-13-24-14-10-18(22)20-11-7-5-6-8-19(23)21-12-9-17(15-21)25-16(2)3;1-2/h1,16-17H,5-15H2,2-3H3,(H,20,22);2H,1H3. The van der Waals surface area contributed by atoms with Crippen molar-refractivity contribution in [1.29, 1.82) is 0 Å². The minimum atomic E-state index is -0.0265. The van der Waals surface area contributed by atoms with Gasteiger partial charge in [-0.1, -0.05) is 12.3 Å². The Morgan fingerprint density at radius 1 is 1.26 bits per heavy atom. The van der Waals surface area contributed by atoms with Crippen molar-refractivity contribution in [2.24, 2.45) is 0 Å². The molecule has 0 aliphatic carbocycles. The van der Waals surface area contributed by atoms with Crippen LogP contribution in [0.2, 0.25) is 0 Å². The average Bonchev–Trinajstić information content (AvgIpc) is 3.11. The van der Waals surface area contributed by atoms with Crippen LogP contribution in [0.3, 0.4) is 0 Å². The maximum atomic E-state index is 12.2. The molecule has 0 aromatic rings. The fourth-order valence-electron chi connectivity index (χ4n) is 2.80. The van der Waals surface area contributed by atoms with Gasteiger partial charge in [0, 0.05) is 33.2 Å². The van der Waals surface area contributed by atoms with Crippen molar-refractivity contribution in [2.75, 3.05) is 40.0 Å². The van der Waals surface area contributed by atoms with Gasteiger partial charge in [-0.3, -0.25) is 9.59 Å². The van der Waals surface area contributed by atoms with Gasteiger partial charge < -0.3 is 24.8 Å². The Hall–Kier alpha value is -1.62. The molecule has 1 rings (SSSR count). The van der Waals surface area contributed by atoms with Crippen molar-refractivity contribution < 1.29 is 24.2 Å². The van der Waals surface area contributed by atoms with E-state index in [0.29, 0.717) is 26.0 Å². The first-order valence-electron chi connectivity index (χ1n) is 9.68. The van der Waals surface area contributed by atoms with Crippen LogP contribution in [-0.2, 0) is 19.1 Å². The topological polar surface area (TPSA) is 88.1 Å². The largest absolute Gasteiger partial charge is 0.400 e. The summed E-state index contributed by atoms with van der Waals surface area (Å²) in [5.41, 5.74) is 0. The highest BCUT2D eigenvalue weighted by Gasteiger charge is 2.26. The molecule has 1 atom stereocenters. The molecule has 7 nitrogen and oxygen atoms in total. The number of aliphatic hydroxyl groups is 1. The molecule has 0 bridgehead atoms. The smallest absolute Gasteiger partial charge is 0.222 e. The maximum absolute atomic E-state index is 12.2. The number of aliphatic hydroxyl groups excluding tert-OH is 1. The van der Waals surface area contributed by atoms with Crippen molar-refractivity contribution in [3.8, 4) is 12.3 Å². The molecule has 156 valence electrons. The van der Waals surface area contributed by atoms with Crippen molar-refractivity contribution in [2.45, 2.75) is 64.6 Å². The van der Waals surface area contributed by atoms with Crippen molar-refractivity contribution in [3.63, 3.8) is 0 Å². The molecule has 1 fully saturated rings. The molecule has 1 unspecified atom stereocenters. The van der Waals surface area contributed by atoms with E-state index in [1.807, 2.05) is 18.7 Å². The molecule has 1 aliphatic rings. The summed E-state index contributed by atoms with van der Waals surface area (Å²) in [6.07, 6.45) is 9.93. The van der Waals surface area contributed by atoms with Crippen molar-refractivity contribution in [3.05, 3.63) is 0 Å². The number of carbonyl (C=O) groups excluding carboxylic acids is 2. The lowest BCUT2D eigenvalue weighted by atomic mass is 10.2. The van der Waals surface area contributed by atoms with Gasteiger partial charge in [0.15, 0.2) is 0 Å². The Balaban J connectivity index is 0.00000326. The molecule has 7 heteroatoms. The number of nitrogens with one attached hydrogen (secondary N) is 1. The summed E-state index contributed by atoms with van der Waals surface area (Å²) >= 11 is 0. The Morgan fingerprint density at radius 2 is 2.00 bits per heavy atom. The Bertz CT molecular complexity index is 448. The lowest BCUT2D eigenvalue weighted by molar-refractivity contribution is -0.131. The second kappa shape index (κ2) is 16.5. The van der Waals surface area contributed by atoms with E-state index in [4.69, 9.17) is 21.0 Å². The molecule has 2 amide bonds. The Kier molecular flexibility index (Phi) is 15.6. The number of hydrogen-bond donors (Lipinski definition) is 2. The van der Waals surface area contributed by atoms with E-state index >= 15 is 0 Å². The fraction of sp³-hybridized carbons (Fsp3) is 0.800. The predicted octanol–water partition coefficient (Wildman–Crippen LogP) is 1.34. The zero-order valence-electron chi connectivity index (χ0n) is 17.0. The second-order valence-electron chi connectivity index (χ2n) is 6.60. The van der Waals surface area contributed by atoms with Gasteiger partial charge in [-0.2, -0.15) is 0 Å². The van der Waals surface area contributed by atoms with Gasteiger partial charge in [-0.25, -0.2) is 0 Å². The summed E-state index contributed by atoms with van der Waals surface area (Å²) in [4.78, 5) is 25.6. The third-order valence-corrected chi connectivity index (χ3v) is 4.01. The Morgan fingerprint density at radius 3 is 2.67 bits per heavy atom. The SMILES string of the molecule is C#CCOCCC(=O)NCCCCCC(=O)N1CCC(OC(C)C)C1.CO. The molecule has 0 aromatic heterocycles. The predicted molar refractivity (Wildman–Crippen MR) is 105 cm³/mol. The number of ether oxygens (including phenoxy) is 2. The van der Waals surface area contributed by atoms with Gasteiger partial charge in [0.25, 0.3) is 0 Å². The van der Waals surface area contributed by atoms with Crippen LogP contribution in [0.4, 0.5) is 0 Å². The van der Waals surface area contributed by atoms with E-state index in [2.05, 4.69) is 11.2 Å². The lowest BCUT2D eigenvalue weighted by Crippen LogP contribution is -2.30. The van der Waals surface area contributed by atoms with Gasteiger partial charge in [-0.05, 0) is 33.1 Å². The third-order valence-electron chi connectivity index (χ3n) is 4.01. The van der Waals surface area contributed by atoms with E-state index in [1.54, 1.807) is 0 Å². The van der Waals surface area contributed by atoms with Crippen molar-refractivity contribution >= 4 is 11.8 Å². The summed E-state index contributed by atoms with van der Waals surface area (Å²) in [6.45, 7) is 6.78. The monoisotopic (exact) mass is 384 g/mol. The minimum absolute atomic E-state index is 0.0265. The normalized spacial score (nSPS) is 15.9. The molecule has 2 N–H and O–H groups in total. The molecule has 0 radical (unpaired) electrons. The van der Waals surface area contributed by atoms with E-state index in [0.717, 1.165) is 45.9 Å². The number of nitrogens with zero attached hydrogens (tertiary/aromatic N) is 1. The number of terminal acetylenes is 1. The average molecular weight is 385 g/mol. The van der Waals surface area contributed by atoms with Gasteiger partial charge in [0.2, 0.25) is 11.8 Å². The zero-order chi connectivity index (χ0) is 20.5. The highest BCUT2D eigenvalue weighted by atomic mass is 16.5. The first-order valence-corrected chi connectivity index (χ1v) is 9.68. The van der Waals surface area contributed by atoms with Crippen LogP contribution in [-0.4, -0.2) is 74.0 Å². The number of rotatable bonds is 12. The number of likely N-dealkylation sites (tertiary alicyclic amines) is 1. The summed E-state index contributed by atoms with van der Waals surface area (Å²) in [5, 5.41) is 9.84. The van der Waals surface area contributed by atoms with Crippen molar-refractivity contribution in [1.82, 2.24) is 10.2 Å². The highest BCUT2D eigenvalue weighted by Crippen LogP contribution is 2.16. The molecule has 1 heterocycles. The van der Waals surface area contributed by atoms with E-state index < -0.39 is 0 Å². The maximum Gasteiger partial charge on any atom is 0.222 e. The molecule has 0 saturated carbocycles. The van der Waals surface area contributed by atoms with Crippen LogP contribution in [0.1, 0.15) is 52.4 Å². The molecule has 27 heavy (non-hydrogen) atoms. The molecular formula is C20H36N2O5. The van der Waals surface area contributed by atoms with Crippen LogP contribution in [0, 0.1) is 12.3 Å². The molecule has 0 spiro atoms. The minimum Gasteiger partial charge on any atom is -0.400 e. The van der Waals surface area contributed by atoms with Gasteiger partial charge >= 0.3 is 0 Å². The number of unbranched alkanes of at least 4 members (excludes halogenated alkanes) is 2. The molecular weight excluding hydrogens is 348 g/mol.